The van der Waals surface area contributed by atoms with Gasteiger partial charge in [-0.25, -0.2) is 4.79 Å². The van der Waals surface area contributed by atoms with Crippen molar-refractivity contribution in [3.63, 3.8) is 0 Å². The first kappa shape index (κ1) is 23.0. The van der Waals surface area contributed by atoms with E-state index in [9.17, 15) is 22.8 Å². The maximum absolute atomic E-state index is 13.0. The van der Waals surface area contributed by atoms with Crippen LogP contribution in [0.25, 0.3) is 0 Å². The smallest absolute Gasteiger partial charge is 0.370 e. The minimum Gasteiger partial charge on any atom is -0.370 e. The lowest BCUT2D eigenvalue weighted by atomic mass is 9.85. The number of urea groups is 1. The molecule has 1 aliphatic carbocycles. The van der Waals surface area contributed by atoms with Crippen molar-refractivity contribution in [2.75, 3.05) is 6.54 Å². The van der Waals surface area contributed by atoms with Gasteiger partial charge in [0.15, 0.2) is 0 Å². The SMILES string of the molecule is CC1CC(NCCC(N)=O)NC(NC(=O)NC2CCC(Cl)C(C(F)(F)F)C2)N1. The topological polar surface area (TPSA) is 120 Å². The summed E-state index contributed by atoms with van der Waals surface area (Å²) < 4.78 is 39.1. The molecule has 6 atom stereocenters. The lowest BCUT2D eigenvalue weighted by Gasteiger charge is -2.38. The number of rotatable bonds is 6. The zero-order valence-corrected chi connectivity index (χ0v) is 16.4. The van der Waals surface area contributed by atoms with Gasteiger partial charge in [0, 0.05) is 30.4 Å². The summed E-state index contributed by atoms with van der Waals surface area (Å²) in [6.45, 7) is 2.34. The van der Waals surface area contributed by atoms with Crippen LogP contribution in [0.2, 0.25) is 0 Å². The second-order valence-corrected chi connectivity index (χ2v) is 7.98. The molecular formula is C16H28ClF3N6O2. The number of amides is 3. The van der Waals surface area contributed by atoms with E-state index in [4.69, 9.17) is 17.3 Å². The third kappa shape index (κ3) is 7.26. The van der Waals surface area contributed by atoms with Crippen LogP contribution in [0, 0.1) is 5.92 Å². The number of nitrogens with one attached hydrogen (secondary N) is 5. The van der Waals surface area contributed by atoms with Gasteiger partial charge in [0.05, 0.1) is 12.1 Å². The van der Waals surface area contributed by atoms with E-state index in [0.717, 1.165) is 0 Å². The number of hydrogen-bond acceptors (Lipinski definition) is 5. The molecule has 1 heterocycles. The Bertz CT molecular complexity index is 553. The van der Waals surface area contributed by atoms with E-state index in [2.05, 4.69) is 26.6 Å². The Hall–Kier alpha value is -1.30. The molecule has 2 rings (SSSR count). The number of carbonyl (C=O) groups excluding carboxylic acids is 2. The van der Waals surface area contributed by atoms with Crippen molar-refractivity contribution in [1.29, 1.82) is 0 Å². The minimum atomic E-state index is -4.38. The van der Waals surface area contributed by atoms with Gasteiger partial charge in [-0.05, 0) is 32.6 Å². The van der Waals surface area contributed by atoms with Gasteiger partial charge in [-0.3, -0.25) is 15.4 Å². The summed E-state index contributed by atoms with van der Waals surface area (Å²) in [5, 5.41) is 13.7. The molecule has 7 N–H and O–H groups in total. The van der Waals surface area contributed by atoms with Crippen molar-refractivity contribution in [1.82, 2.24) is 26.6 Å². The maximum atomic E-state index is 13.0. The molecule has 12 heteroatoms. The van der Waals surface area contributed by atoms with Crippen LogP contribution >= 0.6 is 11.6 Å². The zero-order chi connectivity index (χ0) is 20.9. The third-order valence-electron chi connectivity index (χ3n) is 4.97. The molecule has 2 fully saturated rings. The molecule has 8 nitrogen and oxygen atoms in total. The predicted octanol–water partition coefficient (Wildman–Crippen LogP) is 0.670. The second kappa shape index (κ2) is 9.95. The van der Waals surface area contributed by atoms with Crippen molar-refractivity contribution in [2.24, 2.45) is 11.7 Å². The Labute approximate surface area is 166 Å². The standard InChI is InChI=1S/C16H28ClF3N6O2/c1-8-6-13(22-5-4-12(21)27)25-14(23-8)26-15(28)24-9-2-3-11(17)10(7-9)16(18,19)20/h8-11,13-14,22-23,25H,2-7H2,1H3,(H2,21,27)(H2,24,26,28). The molecule has 6 unspecified atom stereocenters. The van der Waals surface area contributed by atoms with E-state index in [-0.39, 0.29) is 31.5 Å². The van der Waals surface area contributed by atoms with Gasteiger partial charge in [-0.1, -0.05) is 0 Å². The Balaban J connectivity index is 1.80. The van der Waals surface area contributed by atoms with Crippen LogP contribution < -0.4 is 32.3 Å². The number of primary amides is 1. The van der Waals surface area contributed by atoms with E-state index in [1.807, 2.05) is 6.92 Å². The van der Waals surface area contributed by atoms with Crippen molar-refractivity contribution >= 4 is 23.5 Å². The predicted molar refractivity (Wildman–Crippen MR) is 98.2 cm³/mol. The number of carbonyl (C=O) groups is 2. The molecular weight excluding hydrogens is 401 g/mol. The van der Waals surface area contributed by atoms with Crippen LogP contribution in [0.3, 0.4) is 0 Å². The summed E-state index contributed by atoms with van der Waals surface area (Å²) in [7, 11) is 0. The van der Waals surface area contributed by atoms with Gasteiger partial charge >= 0.3 is 12.2 Å². The molecule has 0 aromatic rings. The highest BCUT2D eigenvalue weighted by Crippen LogP contribution is 2.40. The monoisotopic (exact) mass is 428 g/mol. The van der Waals surface area contributed by atoms with Gasteiger partial charge in [0.2, 0.25) is 5.91 Å². The molecule has 0 spiro atoms. The van der Waals surface area contributed by atoms with E-state index in [0.29, 0.717) is 19.4 Å². The average Bonchev–Trinajstić information content (AvgIpc) is 2.54. The fourth-order valence-electron chi connectivity index (χ4n) is 3.58. The lowest BCUT2D eigenvalue weighted by molar-refractivity contribution is -0.182. The number of alkyl halides is 4. The van der Waals surface area contributed by atoms with Gasteiger partial charge in [-0.15, -0.1) is 11.6 Å². The summed E-state index contributed by atoms with van der Waals surface area (Å²) >= 11 is 5.81. The summed E-state index contributed by atoms with van der Waals surface area (Å²) in [6, 6.07) is -1.08. The fourth-order valence-corrected chi connectivity index (χ4v) is 3.95. The molecule has 1 saturated heterocycles. The van der Waals surface area contributed by atoms with Crippen molar-refractivity contribution < 1.29 is 22.8 Å². The molecule has 0 aromatic carbocycles. The highest BCUT2D eigenvalue weighted by molar-refractivity contribution is 6.20. The van der Waals surface area contributed by atoms with Gasteiger partial charge in [-0.2, -0.15) is 13.2 Å². The summed E-state index contributed by atoms with van der Waals surface area (Å²) in [5.41, 5.74) is 5.11. The van der Waals surface area contributed by atoms with Crippen LogP contribution in [0.5, 0.6) is 0 Å². The molecule has 1 saturated carbocycles. The molecule has 0 radical (unpaired) electrons. The number of hydrogen-bond donors (Lipinski definition) is 6. The van der Waals surface area contributed by atoms with Crippen LogP contribution in [-0.4, -0.2) is 54.6 Å². The van der Waals surface area contributed by atoms with Crippen molar-refractivity contribution in [3.8, 4) is 0 Å². The van der Waals surface area contributed by atoms with Crippen LogP contribution in [0.4, 0.5) is 18.0 Å². The van der Waals surface area contributed by atoms with Gasteiger partial charge in [0.25, 0.3) is 0 Å². The zero-order valence-electron chi connectivity index (χ0n) is 15.6. The third-order valence-corrected chi connectivity index (χ3v) is 5.49. The second-order valence-electron chi connectivity index (χ2n) is 7.42. The molecule has 3 amide bonds. The van der Waals surface area contributed by atoms with Crippen molar-refractivity contribution in [3.05, 3.63) is 0 Å². The Kier molecular flexibility index (Phi) is 8.17. The molecule has 0 bridgehead atoms. The molecule has 162 valence electrons. The number of nitrogens with two attached hydrogens (primary N) is 1. The maximum Gasteiger partial charge on any atom is 0.393 e. The first-order valence-corrected chi connectivity index (χ1v) is 9.80. The first-order valence-electron chi connectivity index (χ1n) is 9.36. The van der Waals surface area contributed by atoms with E-state index in [1.165, 1.54) is 0 Å². The molecule has 0 aromatic heterocycles. The van der Waals surface area contributed by atoms with Crippen LogP contribution in [0.15, 0.2) is 0 Å². The van der Waals surface area contributed by atoms with E-state index >= 15 is 0 Å². The van der Waals surface area contributed by atoms with E-state index in [1.54, 1.807) is 0 Å². The highest BCUT2D eigenvalue weighted by Gasteiger charge is 2.47. The van der Waals surface area contributed by atoms with Crippen LogP contribution in [-0.2, 0) is 4.79 Å². The Morgan fingerprint density at radius 2 is 1.89 bits per heavy atom. The molecule has 1 aliphatic heterocycles. The molecule has 2 aliphatic rings. The number of halogens is 4. The highest BCUT2D eigenvalue weighted by atomic mass is 35.5. The van der Waals surface area contributed by atoms with E-state index < -0.39 is 41.7 Å². The summed E-state index contributed by atoms with van der Waals surface area (Å²) in [5.74, 6) is -2.04. The average molecular weight is 429 g/mol. The van der Waals surface area contributed by atoms with Gasteiger partial charge in [0.1, 0.15) is 6.29 Å². The van der Waals surface area contributed by atoms with Crippen molar-refractivity contribution in [2.45, 2.75) is 75.1 Å². The lowest BCUT2D eigenvalue weighted by Crippen LogP contribution is -2.68. The summed E-state index contributed by atoms with van der Waals surface area (Å²) in [6.07, 6.45) is -3.83. The quantitative estimate of drug-likeness (QED) is 0.347. The first-order chi connectivity index (χ1) is 13.0. The minimum absolute atomic E-state index is 0.0684. The normalized spacial score (nSPS) is 33.9. The molecule has 28 heavy (non-hydrogen) atoms. The van der Waals surface area contributed by atoms with Gasteiger partial charge < -0.3 is 21.7 Å². The van der Waals surface area contributed by atoms with Crippen LogP contribution in [0.1, 0.15) is 39.0 Å². The largest absolute Gasteiger partial charge is 0.393 e. The Morgan fingerprint density at radius 1 is 1.18 bits per heavy atom. The fraction of sp³-hybridized carbons (Fsp3) is 0.875. The summed E-state index contributed by atoms with van der Waals surface area (Å²) in [4.78, 5) is 23.1. The Morgan fingerprint density at radius 3 is 2.54 bits per heavy atom.